The topological polar surface area (TPSA) is 95.0 Å². The lowest BCUT2D eigenvalue weighted by molar-refractivity contribution is -0.254. The smallest absolute Gasteiger partial charge is 0.269 e. The van der Waals surface area contributed by atoms with Gasteiger partial charge >= 0.3 is 0 Å². The normalized spacial score (nSPS) is 10.1. The lowest BCUT2D eigenvalue weighted by Gasteiger charge is -2.10. The third-order valence-corrected chi connectivity index (χ3v) is 3.08. The number of carbonyl (C=O) groups excluding carboxylic acids is 2. The van der Waals surface area contributed by atoms with Gasteiger partial charge in [0.15, 0.2) is 0 Å². The van der Waals surface area contributed by atoms with E-state index in [0.29, 0.717) is 10.6 Å². The largest absolute Gasteiger partial charge is 0.545 e. The van der Waals surface area contributed by atoms with Crippen LogP contribution in [0.3, 0.4) is 0 Å². The van der Waals surface area contributed by atoms with Gasteiger partial charge in [0.05, 0.1) is 17.4 Å². The third-order valence-electron chi connectivity index (χ3n) is 2.25. The van der Waals surface area contributed by atoms with Crippen molar-refractivity contribution in [2.45, 2.75) is 6.92 Å². The maximum Gasteiger partial charge on any atom is 0.269 e. The Morgan fingerprint density at radius 2 is 2.06 bits per heavy atom. The number of rotatable bonds is 3. The molecule has 6 nitrogen and oxygen atoms in total. The van der Waals surface area contributed by atoms with E-state index in [4.69, 9.17) is 0 Å². The minimum atomic E-state index is -1.34. The van der Waals surface area contributed by atoms with Gasteiger partial charge in [0, 0.05) is 5.56 Å². The van der Waals surface area contributed by atoms with Crippen LogP contribution in [0, 0.1) is 6.92 Å². The molecule has 0 unspecified atom stereocenters. The molecular formula is C11H8N3O3S-. The van der Waals surface area contributed by atoms with E-state index in [0.717, 1.165) is 11.5 Å². The van der Waals surface area contributed by atoms with Crippen LogP contribution in [0.25, 0.3) is 0 Å². The van der Waals surface area contributed by atoms with Gasteiger partial charge in [-0.25, -0.2) is 0 Å². The average molecular weight is 262 g/mol. The number of hydrogen-bond donors (Lipinski definition) is 1. The second-order valence-corrected chi connectivity index (χ2v) is 4.23. The number of carboxylic acid groups (broad SMARTS) is 1. The van der Waals surface area contributed by atoms with Crippen LogP contribution < -0.4 is 10.4 Å². The molecule has 2 aromatic rings. The van der Waals surface area contributed by atoms with Gasteiger partial charge in [-0.05, 0) is 24.5 Å². The summed E-state index contributed by atoms with van der Waals surface area (Å²) in [6, 6.07) is 6.04. The molecule has 0 atom stereocenters. The van der Waals surface area contributed by atoms with Crippen molar-refractivity contribution in [1.82, 2.24) is 9.59 Å². The molecule has 2 rings (SSSR count). The first-order valence-electron chi connectivity index (χ1n) is 5.00. The zero-order valence-corrected chi connectivity index (χ0v) is 10.2. The molecule has 0 aliphatic heterocycles. The van der Waals surface area contributed by atoms with E-state index in [1.54, 1.807) is 19.1 Å². The highest BCUT2D eigenvalue weighted by atomic mass is 32.1. The molecule has 18 heavy (non-hydrogen) atoms. The summed E-state index contributed by atoms with van der Waals surface area (Å²) in [5.41, 5.74) is 0.625. The highest BCUT2D eigenvalue weighted by Gasteiger charge is 2.14. The number of aromatic carboxylic acids is 1. The first-order valence-corrected chi connectivity index (χ1v) is 5.77. The Labute approximate surface area is 106 Å². The first kappa shape index (κ1) is 12.2. The highest BCUT2D eigenvalue weighted by Crippen LogP contribution is 2.17. The quantitative estimate of drug-likeness (QED) is 0.867. The van der Waals surface area contributed by atoms with Gasteiger partial charge in [0.25, 0.3) is 5.91 Å². The summed E-state index contributed by atoms with van der Waals surface area (Å²) < 4.78 is 3.64. The molecule has 1 amide bonds. The van der Waals surface area contributed by atoms with Gasteiger partial charge < -0.3 is 15.2 Å². The lowest BCUT2D eigenvalue weighted by Crippen LogP contribution is -2.24. The van der Waals surface area contributed by atoms with Crippen LogP contribution >= 0.6 is 11.5 Å². The summed E-state index contributed by atoms with van der Waals surface area (Å²) in [6.07, 6.45) is 0. The van der Waals surface area contributed by atoms with Crippen molar-refractivity contribution in [2.24, 2.45) is 0 Å². The van der Waals surface area contributed by atoms with Gasteiger partial charge in [-0.3, -0.25) is 4.79 Å². The van der Waals surface area contributed by atoms with E-state index in [1.807, 2.05) is 0 Å². The van der Waals surface area contributed by atoms with Crippen LogP contribution in [0.1, 0.15) is 25.7 Å². The minimum Gasteiger partial charge on any atom is -0.545 e. The highest BCUT2D eigenvalue weighted by molar-refractivity contribution is 7.08. The number of carbonyl (C=O) groups is 2. The molecule has 0 spiro atoms. The first-order chi connectivity index (χ1) is 8.59. The molecule has 0 saturated carbocycles. The van der Waals surface area contributed by atoms with Crippen molar-refractivity contribution in [3.8, 4) is 0 Å². The second-order valence-electron chi connectivity index (χ2n) is 3.47. The second kappa shape index (κ2) is 4.92. The number of para-hydroxylation sites is 1. The Balaban J connectivity index is 2.28. The fourth-order valence-electron chi connectivity index (χ4n) is 1.39. The molecule has 0 fully saturated rings. The lowest BCUT2D eigenvalue weighted by atomic mass is 10.2. The molecule has 0 radical (unpaired) electrons. The predicted molar refractivity (Wildman–Crippen MR) is 63.4 cm³/mol. The maximum absolute atomic E-state index is 11.9. The predicted octanol–water partition coefficient (Wildman–Crippen LogP) is 0.462. The van der Waals surface area contributed by atoms with Crippen molar-refractivity contribution in [2.75, 3.05) is 5.32 Å². The third kappa shape index (κ3) is 2.35. The Hall–Kier alpha value is -2.28. The molecule has 7 heteroatoms. The fourth-order valence-corrected chi connectivity index (χ4v) is 1.94. The number of carboxylic acids is 1. The van der Waals surface area contributed by atoms with E-state index >= 15 is 0 Å². The number of nitrogens with one attached hydrogen (secondary N) is 1. The Kier molecular flexibility index (Phi) is 3.33. The molecule has 0 bridgehead atoms. The number of amides is 1. The summed E-state index contributed by atoms with van der Waals surface area (Å²) in [5, 5.41) is 17.1. The van der Waals surface area contributed by atoms with Crippen LogP contribution in [0.4, 0.5) is 5.69 Å². The van der Waals surface area contributed by atoms with E-state index in [2.05, 4.69) is 14.9 Å². The SMILES string of the molecule is Cc1nnsc1C(=O)Nc1ccccc1C(=O)[O-]. The van der Waals surface area contributed by atoms with Gasteiger partial charge in [-0.15, -0.1) is 5.10 Å². The molecular weight excluding hydrogens is 254 g/mol. The number of aryl methyl sites for hydroxylation is 1. The molecule has 1 N–H and O–H groups in total. The molecule has 1 aromatic carbocycles. The van der Waals surface area contributed by atoms with Crippen LogP contribution in [0.15, 0.2) is 24.3 Å². The summed E-state index contributed by atoms with van der Waals surface area (Å²) in [6.45, 7) is 1.66. The van der Waals surface area contributed by atoms with Gasteiger partial charge in [-0.1, -0.05) is 22.7 Å². The molecule has 0 aliphatic rings. The van der Waals surface area contributed by atoms with Crippen molar-refractivity contribution >= 4 is 29.1 Å². The molecule has 92 valence electrons. The van der Waals surface area contributed by atoms with Gasteiger partial charge in [-0.2, -0.15) is 0 Å². The molecule has 0 aliphatic carbocycles. The molecule has 1 heterocycles. The number of anilines is 1. The van der Waals surface area contributed by atoms with Crippen molar-refractivity contribution in [3.63, 3.8) is 0 Å². The van der Waals surface area contributed by atoms with Gasteiger partial charge in [0.2, 0.25) is 0 Å². The monoisotopic (exact) mass is 262 g/mol. The van der Waals surface area contributed by atoms with Crippen LogP contribution in [0.5, 0.6) is 0 Å². The molecule has 0 saturated heterocycles. The summed E-state index contributed by atoms with van der Waals surface area (Å²) in [7, 11) is 0. The zero-order valence-electron chi connectivity index (χ0n) is 9.34. The van der Waals surface area contributed by atoms with Crippen molar-refractivity contribution in [1.29, 1.82) is 0 Å². The fraction of sp³-hybridized carbons (Fsp3) is 0.0909. The zero-order chi connectivity index (χ0) is 13.1. The van der Waals surface area contributed by atoms with Crippen LogP contribution in [0.2, 0.25) is 0 Å². The number of hydrogen-bond acceptors (Lipinski definition) is 6. The number of aromatic nitrogens is 2. The summed E-state index contributed by atoms with van der Waals surface area (Å²) in [4.78, 5) is 23.1. The van der Waals surface area contributed by atoms with E-state index in [1.165, 1.54) is 12.1 Å². The van der Waals surface area contributed by atoms with Crippen molar-refractivity contribution in [3.05, 3.63) is 40.4 Å². The van der Waals surface area contributed by atoms with Crippen LogP contribution in [-0.2, 0) is 0 Å². The summed E-state index contributed by atoms with van der Waals surface area (Å²) >= 11 is 0.955. The Morgan fingerprint density at radius 3 is 2.67 bits per heavy atom. The van der Waals surface area contributed by atoms with Crippen LogP contribution in [-0.4, -0.2) is 21.5 Å². The molecule has 1 aromatic heterocycles. The Morgan fingerprint density at radius 1 is 1.33 bits per heavy atom. The Bertz CT molecular complexity index is 609. The van der Waals surface area contributed by atoms with E-state index < -0.39 is 11.9 Å². The maximum atomic E-state index is 11.9. The van der Waals surface area contributed by atoms with Crippen molar-refractivity contribution < 1.29 is 14.7 Å². The number of benzene rings is 1. The van der Waals surface area contributed by atoms with E-state index in [9.17, 15) is 14.7 Å². The van der Waals surface area contributed by atoms with E-state index in [-0.39, 0.29) is 11.3 Å². The standard InChI is InChI=1S/C11H9N3O3S/c1-6-9(18-14-13-6)10(15)12-8-5-3-2-4-7(8)11(16)17/h2-5H,1H3,(H,12,15)(H,16,17)/p-1. The average Bonchev–Trinajstić information content (AvgIpc) is 2.76. The number of nitrogens with zero attached hydrogens (tertiary/aromatic N) is 2. The minimum absolute atomic E-state index is 0.0685. The van der Waals surface area contributed by atoms with Gasteiger partial charge in [0.1, 0.15) is 4.88 Å². The summed E-state index contributed by atoms with van der Waals surface area (Å²) in [5.74, 6) is -1.78.